The number of nitrogens with zero attached hydrogens (tertiary/aromatic N) is 2. The Labute approximate surface area is 118 Å². The molecule has 0 saturated heterocycles. The summed E-state index contributed by atoms with van der Waals surface area (Å²) in [4.78, 5) is 17.3. The number of halogens is 2. The van der Waals surface area contributed by atoms with Crippen LogP contribution in [-0.4, -0.2) is 44.7 Å². The highest BCUT2D eigenvalue weighted by Gasteiger charge is 2.27. The number of ether oxygens (including phenoxy) is 1. The second kappa shape index (κ2) is 5.19. The van der Waals surface area contributed by atoms with Gasteiger partial charge in [0.15, 0.2) is 15.0 Å². The molecule has 0 fully saturated rings. The zero-order valence-electron chi connectivity index (χ0n) is 9.42. The normalized spacial score (nSPS) is 12.2. The summed E-state index contributed by atoms with van der Waals surface area (Å²) in [5.74, 6) is -0.725. The quantitative estimate of drug-likeness (QED) is 0.444. The fourth-order valence-electron chi connectivity index (χ4n) is 0.969. The van der Waals surface area contributed by atoms with E-state index in [9.17, 15) is 21.6 Å². The van der Waals surface area contributed by atoms with E-state index in [2.05, 4.69) is 14.7 Å². The van der Waals surface area contributed by atoms with Crippen LogP contribution in [0.25, 0.3) is 0 Å². The van der Waals surface area contributed by atoms with Crippen molar-refractivity contribution in [2.45, 2.75) is 10.2 Å². The van der Waals surface area contributed by atoms with Crippen LogP contribution in [0.3, 0.4) is 0 Å². The van der Waals surface area contributed by atoms with Gasteiger partial charge in [-0.2, -0.15) is 0 Å². The highest BCUT2D eigenvalue weighted by Crippen LogP contribution is 2.30. The van der Waals surface area contributed by atoms with Crippen molar-refractivity contribution in [3.63, 3.8) is 0 Å². The molecule has 19 heavy (non-hydrogen) atoms. The van der Waals surface area contributed by atoms with E-state index in [0.717, 1.165) is 12.5 Å². The molecule has 0 amide bonds. The van der Waals surface area contributed by atoms with Gasteiger partial charge in [-0.25, -0.2) is 31.6 Å². The summed E-state index contributed by atoms with van der Waals surface area (Å²) < 4.78 is 49.9. The molecule has 0 unspecified atom stereocenters. The summed E-state index contributed by atoms with van der Waals surface area (Å²) >= 11 is 10.5. The first-order chi connectivity index (χ1) is 8.43. The van der Waals surface area contributed by atoms with Crippen molar-refractivity contribution in [3.05, 3.63) is 5.15 Å². The minimum Gasteiger partial charge on any atom is -0.408 e. The second-order valence-electron chi connectivity index (χ2n) is 3.32. The van der Waals surface area contributed by atoms with E-state index in [0.29, 0.717) is 0 Å². The number of hydrogen-bond donors (Lipinski definition) is 0. The van der Waals surface area contributed by atoms with Gasteiger partial charge in [0.2, 0.25) is 25.8 Å². The zero-order chi connectivity index (χ0) is 15.0. The summed E-state index contributed by atoms with van der Waals surface area (Å²) in [6.07, 6.45) is 1.49. The van der Waals surface area contributed by atoms with Crippen molar-refractivity contribution in [2.24, 2.45) is 0 Å². The van der Waals surface area contributed by atoms with Gasteiger partial charge < -0.3 is 4.74 Å². The zero-order valence-corrected chi connectivity index (χ0v) is 12.6. The van der Waals surface area contributed by atoms with Gasteiger partial charge in [0, 0.05) is 24.1 Å². The van der Waals surface area contributed by atoms with E-state index in [-0.39, 0.29) is 0 Å². The number of aromatic nitrogens is 2. The Balaban J connectivity index is 3.72. The Kier molecular flexibility index (Phi) is 4.40. The van der Waals surface area contributed by atoms with Gasteiger partial charge >= 0.3 is 5.43 Å². The molecule has 12 heteroatoms. The molecule has 0 bridgehead atoms. The van der Waals surface area contributed by atoms with Gasteiger partial charge in [-0.1, -0.05) is 11.6 Å². The van der Waals surface area contributed by atoms with Crippen molar-refractivity contribution in [1.82, 2.24) is 9.97 Å². The molecule has 0 aliphatic rings. The summed E-state index contributed by atoms with van der Waals surface area (Å²) in [5, 5.41) is -2.32. The first-order valence-electron chi connectivity index (χ1n) is 4.28. The van der Waals surface area contributed by atoms with E-state index in [1.165, 1.54) is 0 Å². The maximum atomic E-state index is 11.5. The third-order valence-electron chi connectivity index (χ3n) is 1.64. The van der Waals surface area contributed by atoms with Crippen molar-refractivity contribution in [3.8, 4) is 5.75 Å². The van der Waals surface area contributed by atoms with E-state index in [1.54, 1.807) is 0 Å². The molecule has 0 radical (unpaired) electrons. The number of rotatable bonds is 3. The fourth-order valence-corrected chi connectivity index (χ4v) is 2.66. The van der Waals surface area contributed by atoms with Gasteiger partial charge in [-0.05, 0) is 0 Å². The van der Waals surface area contributed by atoms with Crippen LogP contribution in [0, 0.1) is 0 Å². The van der Waals surface area contributed by atoms with Crippen LogP contribution in [0.1, 0.15) is 0 Å². The predicted molar refractivity (Wildman–Crippen MR) is 65.1 cm³/mol. The first kappa shape index (κ1) is 16.1. The van der Waals surface area contributed by atoms with Crippen molar-refractivity contribution < 1.29 is 26.4 Å². The van der Waals surface area contributed by atoms with Crippen molar-refractivity contribution >= 4 is 48.3 Å². The Bertz CT molecular complexity index is 743. The van der Waals surface area contributed by atoms with Gasteiger partial charge in [-0.15, -0.1) is 0 Å². The smallest absolute Gasteiger partial charge is 0.408 e. The van der Waals surface area contributed by atoms with Crippen LogP contribution in [0.2, 0.25) is 5.15 Å². The highest BCUT2D eigenvalue weighted by molar-refractivity contribution is 7.91. The number of sulfone groups is 2. The predicted octanol–water partition coefficient (Wildman–Crippen LogP) is 0.675. The van der Waals surface area contributed by atoms with E-state index in [1.807, 2.05) is 0 Å². The Hall–Kier alpha value is -0.970. The Morgan fingerprint density at radius 3 is 2.00 bits per heavy atom. The van der Waals surface area contributed by atoms with Crippen LogP contribution in [0.15, 0.2) is 10.2 Å². The lowest BCUT2D eigenvalue weighted by Gasteiger charge is -2.08. The molecule has 106 valence electrons. The molecule has 0 spiro atoms. The number of carbonyl (C=O) groups excluding carboxylic acids is 1. The molecule has 1 aromatic heterocycles. The molecule has 0 atom stereocenters. The van der Waals surface area contributed by atoms with Gasteiger partial charge in [-0.3, -0.25) is 0 Å². The second-order valence-corrected chi connectivity index (χ2v) is 7.82. The van der Waals surface area contributed by atoms with E-state index < -0.39 is 46.2 Å². The van der Waals surface area contributed by atoms with Crippen molar-refractivity contribution in [2.75, 3.05) is 12.5 Å². The van der Waals surface area contributed by atoms with Crippen LogP contribution in [-0.2, 0) is 19.7 Å². The third kappa shape index (κ3) is 4.00. The minimum absolute atomic E-state index is 0.662. The lowest BCUT2D eigenvalue weighted by molar-refractivity contribution is 0.224. The summed E-state index contributed by atoms with van der Waals surface area (Å²) in [5.41, 5.74) is -1.37. The summed E-state index contributed by atoms with van der Waals surface area (Å²) in [7, 11) is -7.92. The SMILES string of the molecule is CS(=O)(=O)c1nc(Cl)c(OC(=O)Cl)c(S(C)(=O)=O)n1. The maximum Gasteiger partial charge on any atom is 0.409 e. The molecule has 1 rings (SSSR count). The molecule has 0 N–H and O–H groups in total. The molecule has 8 nitrogen and oxygen atoms in total. The highest BCUT2D eigenvalue weighted by atomic mass is 35.5. The Morgan fingerprint density at radius 1 is 1.11 bits per heavy atom. The van der Waals surface area contributed by atoms with Gasteiger partial charge in [0.1, 0.15) is 0 Å². The molecule has 0 saturated carbocycles. The van der Waals surface area contributed by atoms with Gasteiger partial charge in [0.05, 0.1) is 0 Å². The molecular weight excluding hydrogens is 343 g/mol. The largest absolute Gasteiger partial charge is 0.409 e. The van der Waals surface area contributed by atoms with Crippen LogP contribution >= 0.6 is 23.2 Å². The molecular formula is C7H6Cl2N2O6S2. The van der Waals surface area contributed by atoms with E-state index in [4.69, 9.17) is 23.2 Å². The van der Waals surface area contributed by atoms with E-state index >= 15 is 0 Å². The maximum absolute atomic E-state index is 11.5. The van der Waals surface area contributed by atoms with Crippen LogP contribution in [0.5, 0.6) is 5.75 Å². The summed E-state index contributed by atoms with van der Waals surface area (Å²) in [6.45, 7) is 0. The molecule has 0 aliphatic carbocycles. The lowest BCUT2D eigenvalue weighted by atomic mass is 10.6. The average molecular weight is 349 g/mol. The fraction of sp³-hybridized carbons (Fsp3) is 0.286. The minimum atomic E-state index is -4.02. The topological polar surface area (TPSA) is 120 Å². The van der Waals surface area contributed by atoms with Crippen LogP contribution in [0.4, 0.5) is 4.79 Å². The molecule has 1 heterocycles. The number of carbonyl (C=O) groups is 1. The lowest BCUT2D eigenvalue weighted by Crippen LogP contribution is -2.13. The third-order valence-corrected chi connectivity index (χ3v) is 3.80. The first-order valence-corrected chi connectivity index (χ1v) is 8.81. The average Bonchev–Trinajstić information content (AvgIpc) is 2.16. The van der Waals surface area contributed by atoms with Crippen molar-refractivity contribution in [1.29, 1.82) is 0 Å². The molecule has 0 aromatic carbocycles. The Morgan fingerprint density at radius 2 is 1.63 bits per heavy atom. The number of hydrogen-bond acceptors (Lipinski definition) is 8. The standard InChI is InChI=1S/C7H6Cl2N2O6S2/c1-18(13,14)5-3(17-6(9)12)4(8)10-7(11-5)19(2,15)16/h1-2H3. The summed E-state index contributed by atoms with van der Waals surface area (Å²) in [6, 6.07) is 0. The molecule has 0 aliphatic heterocycles. The van der Waals surface area contributed by atoms with Gasteiger partial charge in [0.25, 0.3) is 0 Å². The van der Waals surface area contributed by atoms with Crippen LogP contribution < -0.4 is 4.74 Å². The molecule has 1 aromatic rings. The monoisotopic (exact) mass is 348 g/mol.